The SMILES string of the molecule is COC(=O)/C=C/c1ccc(OC(=O)c2cc(OC)c(OCc3ccccc3)c(OC)c2)c(OC)c1. The lowest BCUT2D eigenvalue weighted by atomic mass is 10.1. The minimum atomic E-state index is -0.646. The van der Waals surface area contributed by atoms with Crippen LogP contribution < -0.4 is 23.7 Å². The van der Waals surface area contributed by atoms with Crippen LogP contribution in [0.2, 0.25) is 0 Å². The minimum absolute atomic E-state index is 0.197. The lowest BCUT2D eigenvalue weighted by Crippen LogP contribution is -2.11. The van der Waals surface area contributed by atoms with E-state index >= 15 is 0 Å². The Morgan fingerprint density at radius 1 is 0.771 bits per heavy atom. The standard InChI is InChI=1S/C27H26O8/c1-30-22-14-18(11-13-25(28)33-4)10-12-21(22)35-27(29)20-15-23(31-2)26(24(16-20)32-3)34-17-19-8-6-5-7-9-19/h5-16H,17H2,1-4H3/b13-11+. The molecule has 8 nitrogen and oxygen atoms in total. The van der Waals surface area contributed by atoms with Crippen molar-refractivity contribution in [3.8, 4) is 28.7 Å². The number of esters is 2. The largest absolute Gasteiger partial charge is 0.493 e. The number of carbonyl (C=O) groups excluding carboxylic acids is 2. The molecule has 3 rings (SSSR count). The van der Waals surface area contributed by atoms with Crippen LogP contribution in [0.3, 0.4) is 0 Å². The highest BCUT2D eigenvalue weighted by Gasteiger charge is 2.20. The Morgan fingerprint density at radius 2 is 1.43 bits per heavy atom. The molecule has 0 aliphatic carbocycles. The van der Waals surface area contributed by atoms with E-state index in [4.69, 9.17) is 23.7 Å². The third-order valence-electron chi connectivity index (χ3n) is 4.93. The fraction of sp³-hybridized carbons (Fsp3) is 0.185. The topological polar surface area (TPSA) is 89.5 Å². The molecule has 0 unspecified atom stereocenters. The van der Waals surface area contributed by atoms with Gasteiger partial charge in [0.15, 0.2) is 23.0 Å². The van der Waals surface area contributed by atoms with E-state index in [1.54, 1.807) is 24.3 Å². The maximum absolute atomic E-state index is 12.9. The number of methoxy groups -OCH3 is 4. The second-order valence-corrected chi connectivity index (χ2v) is 7.14. The maximum atomic E-state index is 12.9. The predicted octanol–water partition coefficient (Wildman–Crippen LogP) is 4.70. The number of hydrogen-bond donors (Lipinski definition) is 0. The van der Waals surface area contributed by atoms with Crippen LogP contribution in [0.4, 0.5) is 0 Å². The third kappa shape index (κ3) is 6.54. The minimum Gasteiger partial charge on any atom is -0.493 e. The number of ether oxygens (including phenoxy) is 6. The molecule has 0 heterocycles. The van der Waals surface area contributed by atoms with Crippen molar-refractivity contribution >= 4 is 18.0 Å². The quantitative estimate of drug-likeness (QED) is 0.235. The van der Waals surface area contributed by atoms with Crippen LogP contribution in [0.25, 0.3) is 6.08 Å². The predicted molar refractivity (Wildman–Crippen MR) is 129 cm³/mol. The summed E-state index contributed by atoms with van der Waals surface area (Å²) in [4.78, 5) is 24.3. The van der Waals surface area contributed by atoms with Crippen molar-refractivity contribution < 1.29 is 38.0 Å². The maximum Gasteiger partial charge on any atom is 0.343 e. The van der Waals surface area contributed by atoms with Crippen molar-refractivity contribution in [1.82, 2.24) is 0 Å². The van der Waals surface area contributed by atoms with Crippen molar-refractivity contribution in [1.29, 1.82) is 0 Å². The van der Waals surface area contributed by atoms with Gasteiger partial charge >= 0.3 is 11.9 Å². The summed E-state index contributed by atoms with van der Waals surface area (Å²) in [6.45, 7) is 0.297. The van der Waals surface area contributed by atoms with Gasteiger partial charge in [0, 0.05) is 6.08 Å². The monoisotopic (exact) mass is 478 g/mol. The second-order valence-electron chi connectivity index (χ2n) is 7.14. The van der Waals surface area contributed by atoms with Gasteiger partial charge in [-0.25, -0.2) is 9.59 Å². The van der Waals surface area contributed by atoms with Gasteiger partial charge in [-0.2, -0.15) is 0 Å². The smallest absolute Gasteiger partial charge is 0.343 e. The van der Waals surface area contributed by atoms with Gasteiger partial charge in [-0.05, 0) is 41.5 Å². The zero-order valence-electron chi connectivity index (χ0n) is 19.9. The molecule has 0 amide bonds. The molecule has 0 bridgehead atoms. The summed E-state index contributed by atoms with van der Waals surface area (Å²) >= 11 is 0. The van der Waals surface area contributed by atoms with Gasteiger partial charge < -0.3 is 28.4 Å². The Hall–Kier alpha value is -4.46. The number of hydrogen-bond acceptors (Lipinski definition) is 8. The van der Waals surface area contributed by atoms with E-state index in [1.807, 2.05) is 30.3 Å². The van der Waals surface area contributed by atoms with Crippen molar-refractivity contribution in [2.24, 2.45) is 0 Å². The molecule has 0 radical (unpaired) electrons. The molecule has 8 heteroatoms. The summed E-state index contributed by atoms with van der Waals surface area (Å²) in [6, 6.07) is 17.5. The van der Waals surface area contributed by atoms with E-state index in [0.29, 0.717) is 35.2 Å². The Kier molecular flexibility index (Phi) is 8.72. The van der Waals surface area contributed by atoms with Crippen LogP contribution >= 0.6 is 0 Å². The average Bonchev–Trinajstić information content (AvgIpc) is 2.90. The number of carbonyl (C=O) groups is 2. The van der Waals surface area contributed by atoms with Crippen molar-refractivity contribution in [3.63, 3.8) is 0 Å². The van der Waals surface area contributed by atoms with E-state index in [0.717, 1.165) is 5.56 Å². The van der Waals surface area contributed by atoms with Gasteiger partial charge in [-0.3, -0.25) is 0 Å². The van der Waals surface area contributed by atoms with Crippen molar-refractivity contribution in [2.45, 2.75) is 6.61 Å². The van der Waals surface area contributed by atoms with Crippen LogP contribution in [0.15, 0.2) is 66.7 Å². The van der Waals surface area contributed by atoms with E-state index in [1.165, 1.54) is 46.6 Å². The van der Waals surface area contributed by atoms with E-state index < -0.39 is 11.9 Å². The van der Waals surface area contributed by atoms with Crippen LogP contribution in [0.1, 0.15) is 21.5 Å². The first-order valence-corrected chi connectivity index (χ1v) is 10.6. The molecule has 0 saturated heterocycles. The van der Waals surface area contributed by atoms with E-state index in [9.17, 15) is 9.59 Å². The third-order valence-corrected chi connectivity index (χ3v) is 4.93. The lowest BCUT2D eigenvalue weighted by Gasteiger charge is -2.16. The molecular formula is C27H26O8. The number of rotatable bonds is 10. The van der Waals surface area contributed by atoms with E-state index in [-0.39, 0.29) is 11.3 Å². The fourth-order valence-electron chi connectivity index (χ4n) is 3.13. The molecule has 0 aromatic heterocycles. The molecule has 0 aliphatic heterocycles. The van der Waals surface area contributed by atoms with Gasteiger partial charge in [0.25, 0.3) is 0 Å². The van der Waals surface area contributed by atoms with Crippen molar-refractivity contribution in [3.05, 3.63) is 83.4 Å². The van der Waals surface area contributed by atoms with Crippen molar-refractivity contribution in [2.75, 3.05) is 28.4 Å². The molecule has 0 saturated carbocycles. The van der Waals surface area contributed by atoms with Crippen LogP contribution in [0.5, 0.6) is 28.7 Å². The fourth-order valence-corrected chi connectivity index (χ4v) is 3.13. The van der Waals surface area contributed by atoms with Crippen LogP contribution in [0, 0.1) is 0 Å². The zero-order valence-corrected chi connectivity index (χ0v) is 19.9. The zero-order chi connectivity index (χ0) is 25.2. The molecule has 182 valence electrons. The summed E-state index contributed by atoms with van der Waals surface area (Å²) in [6.07, 6.45) is 2.84. The van der Waals surface area contributed by atoms with Gasteiger partial charge in [-0.15, -0.1) is 0 Å². The normalized spacial score (nSPS) is 10.5. The summed E-state index contributed by atoms with van der Waals surface area (Å²) in [5.74, 6) is 0.396. The van der Waals surface area contributed by atoms with Gasteiger partial charge in [0.2, 0.25) is 5.75 Å². The van der Waals surface area contributed by atoms with Gasteiger partial charge in [-0.1, -0.05) is 36.4 Å². The Bertz CT molecular complexity index is 1180. The van der Waals surface area contributed by atoms with Crippen LogP contribution in [-0.2, 0) is 16.1 Å². The molecule has 0 aliphatic rings. The average molecular weight is 478 g/mol. The first kappa shape index (κ1) is 25.2. The molecule has 0 fully saturated rings. The molecule has 0 spiro atoms. The molecule has 0 atom stereocenters. The molecule has 3 aromatic rings. The molecule has 35 heavy (non-hydrogen) atoms. The first-order chi connectivity index (χ1) is 17.0. The molecular weight excluding hydrogens is 452 g/mol. The second kappa shape index (κ2) is 12.1. The lowest BCUT2D eigenvalue weighted by molar-refractivity contribution is -0.134. The Morgan fingerprint density at radius 3 is 2.03 bits per heavy atom. The summed E-state index contributed by atoms with van der Waals surface area (Å²) < 4.78 is 32.3. The van der Waals surface area contributed by atoms with Gasteiger partial charge in [0.05, 0.1) is 34.0 Å². The van der Waals surface area contributed by atoms with Gasteiger partial charge in [0.1, 0.15) is 6.61 Å². The molecule has 0 N–H and O–H groups in total. The summed E-state index contributed by atoms with van der Waals surface area (Å²) in [7, 11) is 5.69. The highest BCUT2D eigenvalue weighted by Crippen LogP contribution is 2.39. The summed E-state index contributed by atoms with van der Waals surface area (Å²) in [5.41, 5.74) is 1.83. The van der Waals surface area contributed by atoms with E-state index in [2.05, 4.69) is 4.74 Å². The highest BCUT2D eigenvalue weighted by atomic mass is 16.6. The Labute approximate surface area is 203 Å². The van der Waals surface area contributed by atoms with Crippen LogP contribution in [-0.4, -0.2) is 40.4 Å². The first-order valence-electron chi connectivity index (χ1n) is 10.6. The molecule has 3 aromatic carbocycles. The Balaban J connectivity index is 1.82. The highest BCUT2D eigenvalue weighted by molar-refractivity contribution is 5.93. The summed E-state index contributed by atoms with van der Waals surface area (Å²) in [5, 5.41) is 0. The number of benzene rings is 3.